The summed E-state index contributed by atoms with van der Waals surface area (Å²) in [4.78, 5) is 0. The molecule has 1 nitrogen and oxygen atoms in total. The summed E-state index contributed by atoms with van der Waals surface area (Å²) in [6.45, 7) is 4.32. The highest BCUT2D eigenvalue weighted by atomic mass is 14.9. The Balaban J connectivity index is 2.17. The van der Waals surface area contributed by atoms with Crippen molar-refractivity contribution in [2.45, 2.75) is 13.3 Å². The van der Waals surface area contributed by atoms with Crippen LogP contribution in [0.2, 0.25) is 0 Å². The predicted molar refractivity (Wildman–Crippen MR) is 56.6 cm³/mol. The number of hydrogen-bond acceptors (Lipinski definition) is 1. The lowest BCUT2D eigenvalue weighted by Gasteiger charge is -1.97. The van der Waals surface area contributed by atoms with E-state index in [0.717, 1.165) is 13.1 Å². The van der Waals surface area contributed by atoms with Crippen LogP contribution in [0.3, 0.4) is 0 Å². The maximum atomic E-state index is 3.34. The number of nitrogens with one attached hydrogen (secondary N) is 1. The van der Waals surface area contributed by atoms with Gasteiger partial charge in [0.15, 0.2) is 0 Å². The van der Waals surface area contributed by atoms with E-state index in [4.69, 9.17) is 0 Å². The first-order valence-corrected chi connectivity index (χ1v) is 4.81. The van der Waals surface area contributed by atoms with Crippen LogP contribution in [0.25, 0.3) is 6.08 Å². The third kappa shape index (κ3) is 2.19. The maximum absolute atomic E-state index is 3.34. The standard InChI is InChI=1S/C12H15N/c1-10-2-4-11(5-3-10)8-12-6-7-13-9-12/h2-5,8,13H,6-7,9H2,1H3. The van der Waals surface area contributed by atoms with Crippen LogP contribution >= 0.6 is 0 Å². The second-order valence-corrected chi connectivity index (χ2v) is 3.64. The number of rotatable bonds is 1. The molecule has 13 heavy (non-hydrogen) atoms. The van der Waals surface area contributed by atoms with Crippen LogP contribution in [-0.2, 0) is 0 Å². The molecule has 68 valence electrons. The van der Waals surface area contributed by atoms with E-state index < -0.39 is 0 Å². The van der Waals surface area contributed by atoms with Gasteiger partial charge in [0, 0.05) is 6.54 Å². The fraction of sp³-hybridized carbons (Fsp3) is 0.333. The molecule has 1 saturated heterocycles. The molecule has 1 fully saturated rings. The van der Waals surface area contributed by atoms with E-state index >= 15 is 0 Å². The van der Waals surface area contributed by atoms with E-state index in [1.54, 1.807) is 0 Å². The largest absolute Gasteiger partial charge is 0.313 e. The first kappa shape index (κ1) is 8.52. The molecule has 0 amide bonds. The molecule has 1 heteroatoms. The van der Waals surface area contributed by atoms with Gasteiger partial charge in [-0.3, -0.25) is 0 Å². The highest BCUT2D eigenvalue weighted by Gasteiger charge is 2.04. The van der Waals surface area contributed by atoms with Crippen LogP contribution in [0.1, 0.15) is 17.5 Å². The van der Waals surface area contributed by atoms with Crippen LogP contribution in [-0.4, -0.2) is 13.1 Å². The fourth-order valence-corrected chi connectivity index (χ4v) is 1.61. The average molecular weight is 173 g/mol. The number of aryl methyl sites for hydroxylation is 1. The summed E-state index contributed by atoms with van der Waals surface area (Å²) in [6.07, 6.45) is 3.49. The van der Waals surface area contributed by atoms with E-state index in [-0.39, 0.29) is 0 Å². The summed E-state index contributed by atoms with van der Waals surface area (Å²) in [6, 6.07) is 8.69. The van der Waals surface area contributed by atoms with Gasteiger partial charge in [0.25, 0.3) is 0 Å². The van der Waals surface area contributed by atoms with E-state index in [2.05, 4.69) is 42.6 Å². The summed E-state index contributed by atoms with van der Waals surface area (Å²) in [7, 11) is 0. The quantitative estimate of drug-likeness (QED) is 0.687. The minimum absolute atomic E-state index is 1.06. The molecule has 2 rings (SSSR count). The van der Waals surface area contributed by atoms with Crippen LogP contribution in [0, 0.1) is 6.92 Å². The Morgan fingerprint density at radius 2 is 2.00 bits per heavy atom. The molecule has 0 spiro atoms. The van der Waals surface area contributed by atoms with Gasteiger partial charge >= 0.3 is 0 Å². The van der Waals surface area contributed by atoms with Crippen molar-refractivity contribution in [3.05, 3.63) is 41.0 Å². The summed E-state index contributed by atoms with van der Waals surface area (Å²) in [5, 5.41) is 3.34. The van der Waals surface area contributed by atoms with Gasteiger partial charge in [-0.05, 0) is 25.5 Å². The molecular formula is C12H15N. The van der Waals surface area contributed by atoms with Crippen molar-refractivity contribution in [2.75, 3.05) is 13.1 Å². The lowest BCUT2D eigenvalue weighted by atomic mass is 10.1. The Kier molecular flexibility index (Phi) is 2.46. The first-order chi connectivity index (χ1) is 6.34. The molecule has 0 aliphatic carbocycles. The second kappa shape index (κ2) is 3.75. The number of benzene rings is 1. The van der Waals surface area contributed by atoms with Crippen LogP contribution in [0.4, 0.5) is 0 Å². The Morgan fingerprint density at radius 1 is 1.23 bits per heavy atom. The zero-order chi connectivity index (χ0) is 9.10. The molecule has 0 atom stereocenters. The summed E-state index contributed by atoms with van der Waals surface area (Å²) >= 11 is 0. The lowest BCUT2D eigenvalue weighted by molar-refractivity contribution is 0.862. The molecular weight excluding hydrogens is 158 g/mol. The van der Waals surface area contributed by atoms with Gasteiger partial charge in [-0.2, -0.15) is 0 Å². The summed E-state index contributed by atoms with van der Waals surface area (Å²) < 4.78 is 0. The zero-order valence-electron chi connectivity index (χ0n) is 8.01. The lowest BCUT2D eigenvalue weighted by Crippen LogP contribution is -2.04. The monoisotopic (exact) mass is 173 g/mol. The van der Waals surface area contributed by atoms with Crippen molar-refractivity contribution >= 4 is 6.08 Å². The summed E-state index contributed by atoms with van der Waals surface area (Å²) in [5.41, 5.74) is 4.17. The minimum atomic E-state index is 1.06. The van der Waals surface area contributed by atoms with Gasteiger partial charge in [0.05, 0.1) is 0 Å². The van der Waals surface area contributed by atoms with Crippen LogP contribution in [0.5, 0.6) is 0 Å². The van der Waals surface area contributed by atoms with Gasteiger partial charge in [-0.15, -0.1) is 0 Å². The topological polar surface area (TPSA) is 12.0 Å². The van der Waals surface area contributed by atoms with Crippen molar-refractivity contribution in [1.29, 1.82) is 0 Å². The SMILES string of the molecule is Cc1ccc(C=C2CCNC2)cc1. The average Bonchev–Trinajstić information content (AvgIpc) is 2.62. The van der Waals surface area contributed by atoms with Gasteiger partial charge in [0.2, 0.25) is 0 Å². The van der Waals surface area contributed by atoms with Gasteiger partial charge in [0.1, 0.15) is 0 Å². The third-order valence-electron chi connectivity index (χ3n) is 2.42. The summed E-state index contributed by atoms with van der Waals surface area (Å²) in [5.74, 6) is 0. The Morgan fingerprint density at radius 3 is 2.62 bits per heavy atom. The van der Waals surface area contributed by atoms with Crippen molar-refractivity contribution in [3.8, 4) is 0 Å². The molecule has 0 unspecified atom stereocenters. The van der Waals surface area contributed by atoms with Gasteiger partial charge < -0.3 is 5.32 Å². The van der Waals surface area contributed by atoms with Crippen LogP contribution < -0.4 is 5.32 Å². The Hall–Kier alpha value is -1.08. The fourth-order valence-electron chi connectivity index (χ4n) is 1.61. The molecule has 1 N–H and O–H groups in total. The molecule has 1 aliphatic rings. The highest BCUT2D eigenvalue weighted by molar-refractivity contribution is 5.54. The van der Waals surface area contributed by atoms with E-state index in [9.17, 15) is 0 Å². The Labute approximate surface area is 79.5 Å². The minimum Gasteiger partial charge on any atom is -0.313 e. The van der Waals surface area contributed by atoms with Crippen molar-refractivity contribution in [3.63, 3.8) is 0 Å². The molecule has 1 aromatic carbocycles. The third-order valence-corrected chi connectivity index (χ3v) is 2.42. The maximum Gasteiger partial charge on any atom is 0.0168 e. The van der Waals surface area contributed by atoms with Crippen molar-refractivity contribution < 1.29 is 0 Å². The van der Waals surface area contributed by atoms with E-state index in [1.165, 1.54) is 23.1 Å². The molecule has 0 saturated carbocycles. The highest BCUT2D eigenvalue weighted by Crippen LogP contribution is 2.12. The molecule has 1 heterocycles. The molecule has 0 aromatic heterocycles. The van der Waals surface area contributed by atoms with E-state index in [0.29, 0.717) is 0 Å². The normalized spacial score (nSPS) is 19.6. The molecule has 1 aromatic rings. The number of hydrogen-bond donors (Lipinski definition) is 1. The smallest absolute Gasteiger partial charge is 0.0168 e. The zero-order valence-corrected chi connectivity index (χ0v) is 8.01. The van der Waals surface area contributed by atoms with Gasteiger partial charge in [-0.1, -0.05) is 41.5 Å². The molecule has 0 bridgehead atoms. The van der Waals surface area contributed by atoms with Crippen LogP contribution in [0.15, 0.2) is 29.8 Å². The Bertz CT molecular complexity index is 300. The van der Waals surface area contributed by atoms with Crippen molar-refractivity contribution in [1.82, 2.24) is 5.32 Å². The first-order valence-electron chi connectivity index (χ1n) is 4.81. The second-order valence-electron chi connectivity index (χ2n) is 3.64. The predicted octanol–water partition coefficient (Wildman–Crippen LogP) is 2.37. The molecule has 1 aliphatic heterocycles. The van der Waals surface area contributed by atoms with Gasteiger partial charge in [-0.25, -0.2) is 0 Å². The molecule has 0 radical (unpaired) electrons. The van der Waals surface area contributed by atoms with E-state index in [1.807, 2.05) is 0 Å². The van der Waals surface area contributed by atoms with Crippen molar-refractivity contribution in [2.24, 2.45) is 0 Å².